The first kappa shape index (κ1) is 16.6. The van der Waals surface area contributed by atoms with Gasteiger partial charge in [-0.3, -0.25) is 0 Å². The highest BCUT2D eigenvalue weighted by Gasteiger charge is 2.18. The minimum atomic E-state index is -0.0803. The summed E-state index contributed by atoms with van der Waals surface area (Å²) in [6, 6.07) is 10.4. The molecule has 4 heteroatoms. The predicted octanol–water partition coefficient (Wildman–Crippen LogP) is 4.44. The summed E-state index contributed by atoms with van der Waals surface area (Å²) in [5, 5.41) is 0. The van der Waals surface area contributed by atoms with E-state index in [2.05, 4.69) is 38.1 Å². The topological polar surface area (TPSA) is 18.5 Å². The van der Waals surface area contributed by atoms with Crippen LogP contribution in [0.15, 0.2) is 35.2 Å². The molecule has 0 fully saturated rings. The van der Waals surface area contributed by atoms with Gasteiger partial charge in [0.15, 0.2) is 0 Å². The van der Waals surface area contributed by atoms with Gasteiger partial charge in [-0.05, 0) is 25.0 Å². The Labute approximate surface area is 122 Å². The van der Waals surface area contributed by atoms with Gasteiger partial charge in [-0.15, -0.1) is 11.8 Å². The summed E-state index contributed by atoms with van der Waals surface area (Å²) in [4.78, 5) is 1.27. The van der Waals surface area contributed by atoms with Crippen LogP contribution in [0.5, 0.6) is 0 Å². The van der Waals surface area contributed by atoms with E-state index in [0.717, 1.165) is 44.5 Å². The third-order valence-corrected chi connectivity index (χ3v) is 3.78. The molecule has 106 valence electrons. The van der Waals surface area contributed by atoms with Crippen LogP contribution in [-0.2, 0) is 9.31 Å². The highest BCUT2D eigenvalue weighted by molar-refractivity contribution is 8.00. The van der Waals surface area contributed by atoms with Crippen molar-refractivity contribution in [3.63, 3.8) is 0 Å². The van der Waals surface area contributed by atoms with E-state index in [-0.39, 0.29) is 7.12 Å². The Morgan fingerprint density at radius 1 is 0.947 bits per heavy atom. The van der Waals surface area contributed by atoms with E-state index in [1.165, 1.54) is 4.90 Å². The molecule has 1 aromatic carbocycles. The molecular weight excluding hydrogens is 255 g/mol. The molecule has 0 N–H and O–H groups in total. The van der Waals surface area contributed by atoms with Gasteiger partial charge in [-0.25, -0.2) is 0 Å². The van der Waals surface area contributed by atoms with Crippen molar-refractivity contribution in [3.8, 4) is 0 Å². The van der Waals surface area contributed by atoms with Crippen LogP contribution in [-0.4, -0.2) is 26.0 Å². The monoisotopic (exact) mass is 280 g/mol. The summed E-state index contributed by atoms with van der Waals surface area (Å²) < 4.78 is 11.6. The lowest BCUT2D eigenvalue weighted by atomic mass is 9.94. The molecule has 0 atom stereocenters. The summed E-state index contributed by atoms with van der Waals surface area (Å²) in [7, 11) is -0.0803. The molecule has 0 amide bonds. The molecule has 0 aliphatic heterocycles. The highest BCUT2D eigenvalue weighted by Crippen LogP contribution is 2.18. The maximum Gasteiger partial charge on any atom is 0.467 e. The van der Waals surface area contributed by atoms with Gasteiger partial charge < -0.3 is 9.31 Å². The van der Waals surface area contributed by atoms with Crippen molar-refractivity contribution in [1.29, 1.82) is 0 Å². The molecule has 2 nitrogen and oxygen atoms in total. The van der Waals surface area contributed by atoms with Crippen LogP contribution < -0.4 is 0 Å². The number of rotatable bonds is 11. The second kappa shape index (κ2) is 11.4. The second-order valence-corrected chi connectivity index (χ2v) is 5.60. The van der Waals surface area contributed by atoms with E-state index in [1.807, 2.05) is 6.07 Å². The molecule has 1 rings (SSSR count). The average molecular weight is 280 g/mol. The molecule has 0 saturated heterocycles. The van der Waals surface area contributed by atoms with Crippen LogP contribution in [0, 0.1) is 0 Å². The van der Waals surface area contributed by atoms with E-state index in [1.54, 1.807) is 11.8 Å². The van der Waals surface area contributed by atoms with Crippen LogP contribution in [0.2, 0.25) is 0 Å². The van der Waals surface area contributed by atoms with Gasteiger partial charge in [0, 0.05) is 23.8 Å². The van der Waals surface area contributed by atoms with Crippen molar-refractivity contribution < 1.29 is 9.31 Å². The zero-order chi connectivity index (χ0) is 13.8. The zero-order valence-electron chi connectivity index (χ0n) is 12.1. The fourth-order valence-electron chi connectivity index (χ4n) is 1.54. The molecular formula is C15H25BO2S. The number of hydrogen-bond acceptors (Lipinski definition) is 3. The Hall–Kier alpha value is -0.445. The normalized spacial score (nSPS) is 10.6. The second-order valence-electron chi connectivity index (χ2n) is 4.50. The molecule has 1 aromatic rings. The number of unbranched alkanes of at least 4 members (excludes halogenated alkanes) is 2. The Bertz CT molecular complexity index is 298. The summed E-state index contributed by atoms with van der Waals surface area (Å²) in [6.45, 7) is 5.94. The minimum Gasteiger partial charge on any atom is -0.411 e. The molecule has 0 aliphatic carbocycles. The summed E-state index contributed by atoms with van der Waals surface area (Å²) in [5.41, 5.74) is 0.859. The fraction of sp³-hybridized carbons (Fsp3) is 0.600. The van der Waals surface area contributed by atoms with Crippen molar-refractivity contribution in [2.45, 2.75) is 44.4 Å². The van der Waals surface area contributed by atoms with Gasteiger partial charge in [0.25, 0.3) is 0 Å². The van der Waals surface area contributed by atoms with E-state index >= 15 is 0 Å². The van der Waals surface area contributed by atoms with E-state index in [4.69, 9.17) is 9.31 Å². The lowest BCUT2D eigenvalue weighted by Crippen LogP contribution is -2.27. The predicted molar refractivity (Wildman–Crippen MR) is 84.6 cm³/mol. The van der Waals surface area contributed by atoms with E-state index < -0.39 is 0 Å². The number of benzene rings is 1. The molecule has 19 heavy (non-hydrogen) atoms. The molecule has 0 saturated carbocycles. The third-order valence-electron chi connectivity index (χ3n) is 2.73. The highest BCUT2D eigenvalue weighted by atomic mass is 32.2. The fourth-order valence-corrected chi connectivity index (χ4v) is 2.41. The third kappa shape index (κ3) is 8.35. The van der Waals surface area contributed by atoms with Crippen LogP contribution in [0.4, 0.5) is 0 Å². The summed E-state index contributed by atoms with van der Waals surface area (Å²) in [6.07, 6.45) is 4.52. The van der Waals surface area contributed by atoms with Gasteiger partial charge in [0.1, 0.15) is 0 Å². The molecule has 0 radical (unpaired) electrons. The summed E-state index contributed by atoms with van der Waals surface area (Å²) >= 11 is 1.79. The SMILES string of the molecule is CCCCOB(CSc1ccccc1)OCCCC. The van der Waals surface area contributed by atoms with Crippen molar-refractivity contribution in [2.75, 3.05) is 18.9 Å². The van der Waals surface area contributed by atoms with Crippen LogP contribution in [0.25, 0.3) is 0 Å². The zero-order valence-corrected chi connectivity index (χ0v) is 13.0. The number of hydrogen-bond donors (Lipinski definition) is 0. The first-order chi connectivity index (χ1) is 9.36. The van der Waals surface area contributed by atoms with Gasteiger partial charge in [-0.1, -0.05) is 44.9 Å². The molecule has 0 aromatic heterocycles. The van der Waals surface area contributed by atoms with Gasteiger partial charge in [-0.2, -0.15) is 0 Å². The lowest BCUT2D eigenvalue weighted by molar-refractivity contribution is 0.196. The molecule has 0 bridgehead atoms. The van der Waals surface area contributed by atoms with Gasteiger partial charge in [0.05, 0.1) is 0 Å². The van der Waals surface area contributed by atoms with E-state index in [0.29, 0.717) is 0 Å². The maximum absolute atomic E-state index is 5.81. The standard InChI is InChI=1S/C15H25BO2S/c1-3-5-12-17-16(18-13-6-4-2)14-19-15-10-8-7-9-11-15/h7-11H,3-6,12-14H2,1-2H3. The average Bonchev–Trinajstić information content (AvgIpc) is 2.45. The van der Waals surface area contributed by atoms with Gasteiger partial charge in [0.2, 0.25) is 0 Å². The first-order valence-corrected chi connectivity index (χ1v) is 8.26. The first-order valence-electron chi connectivity index (χ1n) is 7.27. The molecule has 0 spiro atoms. The van der Waals surface area contributed by atoms with Crippen molar-refractivity contribution >= 4 is 18.9 Å². The quantitative estimate of drug-likeness (QED) is 0.339. The molecule has 0 unspecified atom stereocenters. The largest absolute Gasteiger partial charge is 0.467 e. The number of thioether (sulfide) groups is 1. The van der Waals surface area contributed by atoms with Gasteiger partial charge >= 0.3 is 7.12 Å². The van der Waals surface area contributed by atoms with Crippen molar-refractivity contribution in [2.24, 2.45) is 0 Å². The Morgan fingerprint density at radius 3 is 2.05 bits per heavy atom. The molecule has 0 aliphatic rings. The smallest absolute Gasteiger partial charge is 0.411 e. The van der Waals surface area contributed by atoms with Crippen LogP contribution in [0.1, 0.15) is 39.5 Å². The van der Waals surface area contributed by atoms with Crippen molar-refractivity contribution in [3.05, 3.63) is 30.3 Å². The lowest BCUT2D eigenvalue weighted by Gasteiger charge is -2.14. The Morgan fingerprint density at radius 2 is 1.53 bits per heavy atom. The molecule has 0 heterocycles. The summed E-state index contributed by atoms with van der Waals surface area (Å²) in [5.74, 6) is 0. The maximum atomic E-state index is 5.81. The van der Waals surface area contributed by atoms with Crippen molar-refractivity contribution in [1.82, 2.24) is 0 Å². The van der Waals surface area contributed by atoms with E-state index in [9.17, 15) is 0 Å². The minimum absolute atomic E-state index is 0.0803. The Balaban J connectivity index is 2.30. The van der Waals surface area contributed by atoms with Crippen LogP contribution in [0.3, 0.4) is 0 Å². The Kier molecular flexibility index (Phi) is 9.95. The van der Waals surface area contributed by atoms with Crippen LogP contribution >= 0.6 is 11.8 Å².